The van der Waals surface area contributed by atoms with Gasteiger partial charge in [0, 0.05) is 22.1 Å². The summed E-state index contributed by atoms with van der Waals surface area (Å²) in [6.07, 6.45) is 1.77. The number of nitrogens with one attached hydrogen (secondary N) is 2. The number of hydrogen-bond donors (Lipinski definition) is 2. The van der Waals surface area contributed by atoms with Gasteiger partial charge in [0.05, 0.1) is 10.6 Å². The van der Waals surface area contributed by atoms with Crippen molar-refractivity contribution in [2.75, 3.05) is 4.72 Å². The average molecular weight is 307 g/mol. The molecule has 1 aromatic heterocycles. The minimum atomic E-state index is -3.65. The fourth-order valence-electron chi connectivity index (χ4n) is 2.01. The van der Waals surface area contributed by atoms with E-state index in [0.29, 0.717) is 10.7 Å². The number of benzene rings is 2. The van der Waals surface area contributed by atoms with E-state index in [1.807, 2.05) is 12.1 Å². The first-order valence-corrected chi connectivity index (χ1v) is 7.77. The SMILES string of the molecule is O=S(=O)(Nc1cccc2[nH]ccc12)c1cccc(Cl)c1. The molecule has 0 atom stereocenters. The highest BCUT2D eigenvalue weighted by Gasteiger charge is 2.15. The molecule has 3 rings (SSSR count). The fourth-order valence-corrected chi connectivity index (χ4v) is 3.39. The van der Waals surface area contributed by atoms with Crippen LogP contribution in [0.15, 0.2) is 59.6 Å². The van der Waals surface area contributed by atoms with Gasteiger partial charge in [0.2, 0.25) is 0 Å². The van der Waals surface area contributed by atoms with Gasteiger partial charge < -0.3 is 4.98 Å². The molecule has 0 saturated carbocycles. The Balaban J connectivity index is 2.04. The molecule has 0 saturated heterocycles. The summed E-state index contributed by atoms with van der Waals surface area (Å²) in [7, 11) is -3.65. The quantitative estimate of drug-likeness (QED) is 0.776. The van der Waals surface area contributed by atoms with Gasteiger partial charge in [0.15, 0.2) is 0 Å². The first kappa shape index (κ1) is 13.0. The van der Waals surface area contributed by atoms with Gasteiger partial charge in [-0.25, -0.2) is 8.42 Å². The van der Waals surface area contributed by atoms with E-state index in [1.165, 1.54) is 12.1 Å². The number of aromatic nitrogens is 1. The van der Waals surface area contributed by atoms with Gasteiger partial charge in [-0.1, -0.05) is 23.7 Å². The lowest BCUT2D eigenvalue weighted by molar-refractivity contribution is 0.601. The summed E-state index contributed by atoms with van der Waals surface area (Å²) >= 11 is 5.83. The number of halogens is 1. The molecular formula is C14H11ClN2O2S. The highest BCUT2D eigenvalue weighted by Crippen LogP contribution is 2.25. The standard InChI is InChI=1S/C14H11ClN2O2S/c15-10-3-1-4-11(9-10)20(18,19)17-14-6-2-5-13-12(14)7-8-16-13/h1-9,16-17H. The zero-order chi connectivity index (χ0) is 14.2. The second kappa shape index (κ2) is 4.85. The van der Waals surface area contributed by atoms with E-state index in [4.69, 9.17) is 11.6 Å². The Morgan fingerprint density at radius 2 is 1.85 bits per heavy atom. The first-order chi connectivity index (χ1) is 9.56. The molecule has 0 aliphatic heterocycles. The maximum absolute atomic E-state index is 12.3. The summed E-state index contributed by atoms with van der Waals surface area (Å²) in [5.41, 5.74) is 1.40. The molecule has 0 radical (unpaired) electrons. The summed E-state index contributed by atoms with van der Waals surface area (Å²) in [4.78, 5) is 3.18. The number of fused-ring (bicyclic) bond motifs is 1. The number of anilines is 1. The van der Waals surface area contributed by atoms with Crippen LogP contribution >= 0.6 is 11.6 Å². The van der Waals surface area contributed by atoms with Crippen molar-refractivity contribution in [1.29, 1.82) is 0 Å². The van der Waals surface area contributed by atoms with Crippen molar-refractivity contribution >= 4 is 38.2 Å². The molecule has 102 valence electrons. The lowest BCUT2D eigenvalue weighted by Gasteiger charge is -2.09. The highest BCUT2D eigenvalue weighted by atomic mass is 35.5. The van der Waals surface area contributed by atoms with E-state index < -0.39 is 10.0 Å². The third-order valence-corrected chi connectivity index (χ3v) is 4.54. The van der Waals surface area contributed by atoms with Crippen LogP contribution in [0.4, 0.5) is 5.69 Å². The molecule has 4 nitrogen and oxygen atoms in total. The molecule has 2 aromatic carbocycles. The highest BCUT2D eigenvalue weighted by molar-refractivity contribution is 7.92. The minimum Gasteiger partial charge on any atom is -0.361 e. The molecule has 0 aliphatic rings. The van der Waals surface area contributed by atoms with Gasteiger partial charge in [-0.05, 0) is 36.4 Å². The van der Waals surface area contributed by atoms with Crippen LogP contribution in [0, 0.1) is 0 Å². The van der Waals surface area contributed by atoms with Gasteiger partial charge in [-0.2, -0.15) is 0 Å². The van der Waals surface area contributed by atoms with E-state index >= 15 is 0 Å². The monoisotopic (exact) mass is 306 g/mol. The third-order valence-electron chi connectivity index (χ3n) is 2.95. The Kier molecular flexibility index (Phi) is 3.16. The van der Waals surface area contributed by atoms with Gasteiger partial charge >= 0.3 is 0 Å². The molecule has 0 unspecified atom stereocenters. The number of H-pyrrole nitrogens is 1. The zero-order valence-electron chi connectivity index (χ0n) is 10.3. The van der Waals surface area contributed by atoms with E-state index in [0.717, 1.165) is 10.9 Å². The van der Waals surface area contributed by atoms with E-state index in [9.17, 15) is 8.42 Å². The maximum Gasteiger partial charge on any atom is 0.261 e. The van der Waals surface area contributed by atoms with Crippen molar-refractivity contribution in [3.8, 4) is 0 Å². The van der Waals surface area contributed by atoms with Crippen molar-refractivity contribution in [2.24, 2.45) is 0 Å². The largest absolute Gasteiger partial charge is 0.361 e. The fraction of sp³-hybridized carbons (Fsp3) is 0. The van der Waals surface area contributed by atoms with Crippen molar-refractivity contribution in [3.63, 3.8) is 0 Å². The van der Waals surface area contributed by atoms with Crippen LogP contribution in [0.1, 0.15) is 0 Å². The second-order valence-corrected chi connectivity index (χ2v) is 6.43. The topological polar surface area (TPSA) is 62.0 Å². The third kappa shape index (κ3) is 2.37. The van der Waals surface area contributed by atoms with E-state index in [1.54, 1.807) is 30.5 Å². The summed E-state index contributed by atoms with van der Waals surface area (Å²) in [5.74, 6) is 0. The predicted octanol–water partition coefficient (Wildman–Crippen LogP) is 3.62. The molecule has 0 aliphatic carbocycles. The zero-order valence-corrected chi connectivity index (χ0v) is 11.9. The number of hydrogen-bond acceptors (Lipinski definition) is 2. The number of aromatic amines is 1. The van der Waals surface area contributed by atoms with Crippen molar-refractivity contribution in [2.45, 2.75) is 4.90 Å². The molecule has 6 heteroatoms. The lowest BCUT2D eigenvalue weighted by atomic mass is 10.2. The summed E-state index contributed by atoms with van der Waals surface area (Å²) in [6, 6.07) is 13.4. The Hall–Kier alpha value is -1.98. The van der Waals surface area contributed by atoms with Gasteiger partial charge in [-0.3, -0.25) is 4.72 Å². The summed E-state index contributed by atoms with van der Waals surface area (Å²) in [6.45, 7) is 0. The van der Waals surface area contributed by atoms with Crippen LogP contribution in [-0.4, -0.2) is 13.4 Å². The van der Waals surface area contributed by atoms with Crippen LogP contribution in [0.2, 0.25) is 5.02 Å². The smallest absolute Gasteiger partial charge is 0.261 e. The van der Waals surface area contributed by atoms with E-state index in [-0.39, 0.29) is 4.90 Å². The Morgan fingerprint density at radius 3 is 2.65 bits per heavy atom. The molecule has 20 heavy (non-hydrogen) atoms. The van der Waals surface area contributed by atoms with Gasteiger partial charge in [0.25, 0.3) is 10.0 Å². The Morgan fingerprint density at radius 1 is 1.05 bits per heavy atom. The predicted molar refractivity (Wildman–Crippen MR) is 80.6 cm³/mol. The Bertz CT molecular complexity index is 872. The molecule has 2 N–H and O–H groups in total. The average Bonchev–Trinajstić information content (AvgIpc) is 2.88. The molecule has 0 bridgehead atoms. The van der Waals surface area contributed by atoms with Crippen LogP contribution in [0.5, 0.6) is 0 Å². The summed E-state index contributed by atoms with van der Waals surface area (Å²) in [5, 5.41) is 1.20. The van der Waals surface area contributed by atoms with Crippen LogP contribution in [0.25, 0.3) is 10.9 Å². The molecular weight excluding hydrogens is 296 g/mol. The van der Waals surface area contributed by atoms with Gasteiger partial charge in [0.1, 0.15) is 0 Å². The molecule has 0 spiro atoms. The van der Waals surface area contributed by atoms with Crippen LogP contribution < -0.4 is 4.72 Å². The lowest BCUT2D eigenvalue weighted by Crippen LogP contribution is -2.13. The second-order valence-electron chi connectivity index (χ2n) is 4.31. The van der Waals surface area contributed by atoms with E-state index in [2.05, 4.69) is 9.71 Å². The molecule has 0 fully saturated rings. The number of rotatable bonds is 3. The number of sulfonamides is 1. The maximum atomic E-state index is 12.3. The minimum absolute atomic E-state index is 0.137. The van der Waals surface area contributed by atoms with Crippen LogP contribution in [0.3, 0.4) is 0 Å². The summed E-state index contributed by atoms with van der Waals surface area (Å²) < 4.78 is 27.3. The van der Waals surface area contributed by atoms with Crippen molar-refractivity contribution in [3.05, 3.63) is 59.8 Å². The van der Waals surface area contributed by atoms with Gasteiger partial charge in [-0.15, -0.1) is 0 Å². The van der Waals surface area contributed by atoms with Crippen LogP contribution in [-0.2, 0) is 10.0 Å². The van der Waals surface area contributed by atoms with Crippen molar-refractivity contribution in [1.82, 2.24) is 4.98 Å². The molecule has 3 aromatic rings. The first-order valence-electron chi connectivity index (χ1n) is 5.91. The Labute approximate surface area is 121 Å². The van der Waals surface area contributed by atoms with Crippen molar-refractivity contribution < 1.29 is 8.42 Å². The molecule has 0 amide bonds. The normalized spacial score (nSPS) is 11.7. The molecule has 1 heterocycles.